The summed E-state index contributed by atoms with van der Waals surface area (Å²) in [4.78, 5) is 52.9. The highest BCUT2D eigenvalue weighted by atomic mass is 16.6. The fourth-order valence-electron chi connectivity index (χ4n) is 2.71. The minimum absolute atomic E-state index is 0.0708. The van der Waals surface area contributed by atoms with Crippen molar-refractivity contribution < 1.29 is 23.9 Å². The molecule has 1 saturated heterocycles. The monoisotopic (exact) mass is 376 g/mol. The third-order valence-electron chi connectivity index (χ3n) is 4.14. The van der Waals surface area contributed by atoms with Crippen LogP contribution in [0.3, 0.4) is 0 Å². The second-order valence-electron chi connectivity index (χ2n) is 6.42. The van der Waals surface area contributed by atoms with Crippen molar-refractivity contribution in [3.63, 3.8) is 0 Å². The third-order valence-corrected chi connectivity index (χ3v) is 4.14. The normalized spacial score (nSPS) is 17.1. The van der Waals surface area contributed by atoms with Crippen LogP contribution < -0.4 is 10.6 Å². The molecule has 0 radical (unpaired) electrons. The molecule has 1 aliphatic rings. The van der Waals surface area contributed by atoms with Crippen LogP contribution in [0.5, 0.6) is 0 Å². The van der Waals surface area contributed by atoms with Crippen LogP contribution in [-0.2, 0) is 25.7 Å². The average Bonchev–Trinajstić information content (AvgIpc) is 3.15. The molecule has 3 amide bonds. The maximum atomic E-state index is 12.5. The fourth-order valence-corrected chi connectivity index (χ4v) is 2.71. The smallest absolute Gasteiger partial charge is 0.410 e. The van der Waals surface area contributed by atoms with Crippen molar-refractivity contribution in [3.05, 3.63) is 30.1 Å². The number of amides is 3. The summed E-state index contributed by atoms with van der Waals surface area (Å²) in [5.41, 5.74) is 0.752. The Labute approximate surface area is 157 Å². The van der Waals surface area contributed by atoms with E-state index in [9.17, 15) is 19.2 Å². The molecule has 0 aromatic carbocycles. The summed E-state index contributed by atoms with van der Waals surface area (Å²) in [5, 5.41) is 5.02. The van der Waals surface area contributed by atoms with E-state index in [0.29, 0.717) is 19.4 Å². The van der Waals surface area contributed by atoms with E-state index >= 15 is 0 Å². The molecule has 2 N–H and O–H groups in total. The summed E-state index contributed by atoms with van der Waals surface area (Å²) in [7, 11) is 0. The molecular weight excluding hydrogens is 352 g/mol. The van der Waals surface area contributed by atoms with Gasteiger partial charge in [0.05, 0.1) is 6.54 Å². The molecule has 2 heterocycles. The van der Waals surface area contributed by atoms with E-state index in [0.717, 1.165) is 5.56 Å². The van der Waals surface area contributed by atoms with Gasteiger partial charge in [0.15, 0.2) is 0 Å². The van der Waals surface area contributed by atoms with Gasteiger partial charge in [0.2, 0.25) is 11.8 Å². The van der Waals surface area contributed by atoms with Gasteiger partial charge in [-0.1, -0.05) is 6.07 Å². The second kappa shape index (κ2) is 9.65. The van der Waals surface area contributed by atoms with Crippen molar-refractivity contribution in [2.75, 3.05) is 13.1 Å². The molecule has 1 aromatic heterocycles. The fraction of sp³-hybridized carbons (Fsp3) is 0.500. The van der Waals surface area contributed by atoms with Gasteiger partial charge in [0, 0.05) is 24.5 Å². The minimum atomic E-state index is -0.814. The Morgan fingerprint density at radius 3 is 2.81 bits per heavy atom. The Morgan fingerprint density at radius 1 is 1.37 bits per heavy atom. The number of hydrogen-bond donors (Lipinski definition) is 2. The lowest BCUT2D eigenvalue weighted by Crippen LogP contribution is -2.52. The summed E-state index contributed by atoms with van der Waals surface area (Å²) < 4.78 is 5.26. The SMILES string of the molecule is CC(=O)CNC(=O)[C@H](C)NC(=O)[C@@H]1CCCN1C(=O)OCc1cccnc1. The number of likely N-dealkylation sites (tertiary alicyclic amines) is 1. The standard InChI is InChI=1S/C18H24N4O5/c1-12(23)9-20-16(24)13(2)21-17(25)15-6-4-8-22(15)18(26)27-11-14-5-3-7-19-10-14/h3,5,7,10,13,15H,4,6,8-9,11H2,1-2H3,(H,20,24)(H,21,25)/t13-,15-/m0/s1. The molecule has 1 aromatic rings. The number of nitrogens with one attached hydrogen (secondary N) is 2. The number of pyridine rings is 1. The van der Waals surface area contributed by atoms with Gasteiger partial charge in [-0.3, -0.25) is 24.3 Å². The molecule has 1 aliphatic heterocycles. The Balaban J connectivity index is 1.86. The van der Waals surface area contributed by atoms with Crippen LogP contribution in [0.2, 0.25) is 0 Å². The van der Waals surface area contributed by atoms with Crippen LogP contribution in [0.25, 0.3) is 0 Å². The molecule has 27 heavy (non-hydrogen) atoms. The quantitative estimate of drug-likeness (QED) is 0.711. The number of hydrogen-bond acceptors (Lipinski definition) is 6. The van der Waals surface area contributed by atoms with Gasteiger partial charge in [0.25, 0.3) is 0 Å². The first-order valence-corrected chi connectivity index (χ1v) is 8.78. The molecule has 2 atom stereocenters. The van der Waals surface area contributed by atoms with E-state index in [4.69, 9.17) is 4.74 Å². The number of carbonyl (C=O) groups excluding carboxylic acids is 4. The number of nitrogens with zero attached hydrogens (tertiary/aromatic N) is 2. The number of aromatic nitrogens is 1. The first-order valence-electron chi connectivity index (χ1n) is 8.78. The van der Waals surface area contributed by atoms with E-state index in [1.54, 1.807) is 24.5 Å². The van der Waals surface area contributed by atoms with Crippen LogP contribution in [0, 0.1) is 0 Å². The van der Waals surface area contributed by atoms with E-state index in [1.807, 2.05) is 0 Å². The molecule has 0 aliphatic carbocycles. The third kappa shape index (κ3) is 6.05. The van der Waals surface area contributed by atoms with Gasteiger partial charge in [-0.05, 0) is 32.8 Å². The number of carbonyl (C=O) groups is 4. The van der Waals surface area contributed by atoms with Gasteiger partial charge in [0.1, 0.15) is 24.5 Å². The van der Waals surface area contributed by atoms with E-state index in [1.165, 1.54) is 18.7 Å². The zero-order valence-electron chi connectivity index (χ0n) is 15.4. The van der Waals surface area contributed by atoms with Crippen molar-refractivity contribution in [2.45, 2.75) is 45.4 Å². The predicted octanol–water partition coefficient (Wildman–Crippen LogP) is 0.393. The number of rotatable bonds is 7. The summed E-state index contributed by atoms with van der Waals surface area (Å²) in [5.74, 6) is -1.06. The Hall–Kier alpha value is -2.97. The largest absolute Gasteiger partial charge is 0.444 e. The zero-order valence-corrected chi connectivity index (χ0v) is 15.4. The Morgan fingerprint density at radius 2 is 2.15 bits per heavy atom. The molecular formula is C18H24N4O5. The summed E-state index contributed by atoms with van der Waals surface area (Å²) in [6.45, 7) is 3.27. The van der Waals surface area contributed by atoms with Crippen LogP contribution in [0.15, 0.2) is 24.5 Å². The van der Waals surface area contributed by atoms with E-state index in [2.05, 4.69) is 15.6 Å². The molecule has 1 fully saturated rings. The van der Waals surface area contributed by atoms with Gasteiger partial charge >= 0.3 is 6.09 Å². The molecule has 9 heteroatoms. The minimum Gasteiger partial charge on any atom is -0.444 e. The second-order valence-corrected chi connectivity index (χ2v) is 6.42. The summed E-state index contributed by atoms with van der Waals surface area (Å²) in [6.07, 6.45) is 3.81. The molecule has 146 valence electrons. The maximum Gasteiger partial charge on any atom is 0.410 e. The van der Waals surface area contributed by atoms with Crippen molar-refractivity contribution in [3.8, 4) is 0 Å². The summed E-state index contributed by atoms with van der Waals surface area (Å²) in [6, 6.07) is 2.03. The van der Waals surface area contributed by atoms with Gasteiger partial charge < -0.3 is 15.4 Å². The molecule has 2 rings (SSSR count). The molecule has 0 spiro atoms. The highest BCUT2D eigenvalue weighted by Gasteiger charge is 2.36. The number of Topliss-reactive ketones (excluding diaryl/α,β-unsaturated/α-hetero) is 1. The average molecular weight is 376 g/mol. The van der Waals surface area contributed by atoms with Crippen LogP contribution in [0.1, 0.15) is 32.3 Å². The van der Waals surface area contributed by atoms with Gasteiger partial charge in [-0.2, -0.15) is 0 Å². The lowest BCUT2D eigenvalue weighted by atomic mass is 10.2. The molecule has 0 unspecified atom stereocenters. The predicted molar refractivity (Wildman–Crippen MR) is 95.4 cm³/mol. The number of ketones is 1. The van der Waals surface area contributed by atoms with Crippen molar-refractivity contribution >= 4 is 23.7 Å². The maximum absolute atomic E-state index is 12.5. The van der Waals surface area contributed by atoms with Crippen LogP contribution >= 0.6 is 0 Å². The Bertz CT molecular complexity index is 694. The molecule has 0 saturated carbocycles. The van der Waals surface area contributed by atoms with Crippen LogP contribution in [-0.4, -0.2) is 58.7 Å². The van der Waals surface area contributed by atoms with E-state index in [-0.39, 0.29) is 18.9 Å². The van der Waals surface area contributed by atoms with Crippen molar-refractivity contribution in [2.24, 2.45) is 0 Å². The lowest BCUT2D eigenvalue weighted by Gasteiger charge is -2.24. The van der Waals surface area contributed by atoms with Crippen molar-refractivity contribution in [1.29, 1.82) is 0 Å². The molecule has 9 nitrogen and oxygen atoms in total. The van der Waals surface area contributed by atoms with Crippen molar-refractivity contribution in [1.82, 2.24) is 20.5 Å². The topological polar surface area (TPSA) is 118 Å². The van der Waals surface area contributed by atoms with E-state index < -0.39 is 30.0 Å². The summed E-state index contributed by atoms with van der Waals surface area (Å²) >= 11 is 0. The highest BCUT2D eigenvalue weighted by Crippen LogP contribution is 2.19. The molecule has 0 bridgehead atoms. The zero-order chi connectivity index (χ0) is 19.8. The van der Waals surface area contributed by atoms with Gasteiger partial charge in [-0.15, -0.1) is 0 Å². The number of ether oxygens (including phenoxy) is 1. The highest BCUT2D eigenvalue weighted by molar-refractivity contribution is 5.92. The van der Waals surface area contributed by atoms with Crippen LogP contribution in [0.4, 0.5) is 4.79 Å². The first-order chi connectivity index (χ1) is 12.9. The lowest BCUT2D eigenvalue weighted by molar-refractivity contribution is -0.131. The van der Waals surface area contributed by atoms with Gasteiger partial charge in [-0.25, -0.2) is 4.79 Å². The Kier molecular flexibility index (Phi) is 7.27. The first kappa shape index (κ1) is 20.3.